The number of pyridine rings is 1. The average molecular weight is 331 g/mol. The summed E-state index contributed by atoms with van der Waals surface area (Å²) in [5.74, 6) is 0.162. The van der Waals surface area contributed by atoms with Crippen LogP contribution in [0.3, 0.4) is 0 Å². The molecule has 1 aromatic carbocycles. The molecular formula is C17H18FN3OS. The summed E-state index contributed by atoms with van der Waals surface area (Å²) in [5.41, 5.74) is 0.551. The molecule has 0 spiro atoms. The molecule has 0 unspecified atom stereocenters. The molecule has 120 valence electrons. The van der Waals surface area contributed by atoms with Crippen molar-refractivity contribution >= 4 is 16.9 Å². The average Bonchev–Trinajstić information content (AvgIpc) is 2.91. The minimum Gasteiger partial charge on any atom is -0.366 e. The lowest BCUT2D eigenvalue weighted by molar-refractivity contribution is -0.0454. The highest BCUT2D eigenvalue weighted by atomic mass is 32.2. The van der Waals surface area contributed by atoms with Crippen LogP contribution < -0.4 is 0 Å². The maximum atomic E-state index is 13.1. The molecule has 0 aliphatic carbocycles. The molecule has 2 heterocycles. The fourth-order valence-corrected chi connectivity index (χ4v) is 3.86. The summed E-state index contributed by atoms with van der Waals surface area (Å²) in [4.78, 5) is 10.6. The van der Waals surface area contributed by atoms with E-state index in [0.717, 1.165) is 10.7 Å². The largest absolute Gasteiger partial charge is 0.366 e. The highest BCUT2D eigenvalue weighted by Gasteiger charge is 2.43. The van der Waals surface area contributed by atoms with Crippen molar-refractivity contribution in [2.75, 3.05) is 12.3 Å². The number of rotatable bonds is 4. The van der Waals surface area contributed by atoms with Crippen molar-refractivity contribution < 1.29 is 9.50 Å². The van der Waals surface area contributed by atoms with Gasteiger partial charge in [0.15, 0.2) is 10.9 Å². The number of nitrogens with zero attached hydrogens (tertiary/aromatic N) is 3. The molecule has 1 aliphatic rings. The molecule has 1 saturated heterocycles. The zero-order valence-corrected chi connectivity index (χ0v) is 13.6. The van der Waals surface area contributed by atoms with Gasteiger partial charge in [0, 0.05) is 24.5 Å². The monoisotopic (exact) mass is 331 g/mol. The second-order valence-corrected chi connectivity index (χ2v) is 6.26. The Labute approximate surface area is 139 Å². The van der Waals surface area contributed by atoms with Gasteiger partial charge in [-0.05, 0) is 30.7 Å². The summed E-state index contributed by atoms with van der Waals surface area (Å²) in [7, 11) is 0. The molecule has 4 nitrogen and oxygen atoms in total. The van der Waals surface area contributed by atoms with Crippen LogP contribution >= 0.6 is 11.8 Å². The maximum absolute atomic E-state index is 13.1. The molecule has 3 rings (SSSR count). The van der Waals surface area contributed by atoms with Crippen molar-refractivity contribution in [3.8, 4) is 0 Å². The molecule has 1 N–H and O–H groups in total. The van der Waals surface area contributed by atoms with Crippen LogP contribution in [-0.2, 0) is 12.3 Å². The standard InChI is InChI=1S/C17H18FN3OS/c1-2-21-16(20-11-13-4-3-9-19-10-13)23-12-17(21,22)14-5-7-15(18)8-6-14/h3-10,22H,2,11-12H2,1H3/t17-/m1/s1. The number of halogens is 1. The van der Waals surface area contributed by atoms with Gasteiger partial charge < -0.3 is 10.0 Å². The number of aromatic nitrogens is 1. The van der Waals surface area contributed by atoms with Crippen molar-refractivity contribution in [2.45, 2.75) is 19.2 Å². The maximum Gasteiger partial charge on any atom is 0.175 e. The van der Waals surface area contributed by atoms with E-state index in [1.807, 2.05) is 24.0 Å². The second-order valence-electron chi connectivity index (χ2n) is 5.32. The third-order valence-corrected chi connectivity index (χ3v) is 4.98. The highest BCUT2D eigenvalue weighted by molar-refractivity contribution is 8.14. The van der Waals surface area contributed by atoms with Crippen molar-refractivity contribution in [3.05, 3.63) is 65.7 Å². The van der Waals surface area contributed by atoms with Gasteiger partial charge in [-0.1, -0.05) is 30.0 Å². The Balaban J connectivity index is 1.83. The normalized spacial score (nSPS) is 22.7. The number of hydrogen-bond acceptors (Lipinski definition) is 4. The molecule has 1 fully saturated rings. The Bertz CT molecular complexity index is 693. The fourth-order valence-electron chi connectivity index (χ4n) is 2.61. The minimum atomic E-state index is -1.15. The zero-order chi connectivity index (χ0) is 16.3. The van der Waals surface area contributed by atoms with Crippen LogP contribution in [0.2, 0.25) is 0 Å². The van der Waals surface area contributed by atoms with Crippen molar-refractivity contribution in [2.24, 2.45) is 4.99 Å². The Morgan fingerprint density at radius 1 is 1.35 bits per heavy atom. The molecule has 0 amide bonds. The van der Waals surface area contributed by atoms with E-state index < -0.39 is 5.72 Å². The number of benzene rings is 1. The summed E-state index contributed by atoms with van der Waals surface area (Å²) < 4.78 is 13.1. The van der Waals surface area contributed by atoms with Gasteiger partial charge in [-0.15, -0.1) is 0 Å². The van der Waals surface area contributed by atoms with E-state index in [9.17, 15) is 9.50 Å². The highest BCUT2D eigenvalue weighted by Crippen LogP contribution is 2.38. The van der Waals surface area contributed by atoms with Crippen LogP contribution in [-0.4, -0.2) is 32.5 Å². The first-order chi connectivity index (χ1) is 11.1. The first-order valence-corrected chi connectivity index (χ1v) is 8.44. The molecule has 23 heavy (non-hydrogen) atoms. The van der Waals surface area contributed by atoms with Crippen LogP contribution in [0.4, 0.5) is 4.39 Å². The van der Waals surface area contributed by atoms with Crippen LogP contribution in [0.1, 0.15) is 18.1 Å². The van der Waals surface area contributed by atoms with Gasteiger partial charge in [-0.2, -0.15) is 0 Å². The molecule has 1 aromatic heterocycles. The van der Waals surface area contributed by atoms with Crippen LogP contribution in [0, 0.1) is 5.82 Å². The molecule has 0 radical (unpaired) electrons. The number of hydrogen-bond donors (Lipinski definition) is 1. The van der Waals surface area contributed by atoms with E-state index in [2.05, 4.69) is 9.98 Å². The molecule has 0 bridgehead atoms. The second kappa shape index (κ2) is 6.68. The first-order valence-electron chi connectivity index (χ1n) is 7.45. The fraction of sp³-hybridized carbons (Fsp3) is 0.294. The van der Waals surface area contributed by atoms with Gasteiger partial charge in [-0.25, -0.2) is 4.39 Å². The predicted molar refractivity (Wildman–Crippen MR) is 90.5 cm³/mol. The van der Waals surface area contributed by atoms with Crippen molar-refractivity contribution in [1.82, 2.24) is 9.88 Å². The molecular weight excluding hydrogens is 313 g/mol. The van der Waals surface area contributed by atoms with Crippen molar-refractivity contribution in [1.29, 1.82) is 0 Å². The first kappa shape index (κ1) is 16.0. The molecule has 6 heteroatoms. The predicted octanol–water partition coefficient (Wildman–Crippen LogP) is 2.99. The van der Waals surface area contributed by atoms with Crippen LogP contribution in [0.5, 0.6) is 0 Å². The van der Waals surface area contributed by atoms with E-state index in [1.54, 1.807) is 24.5 Å². The Hall–Kier alpha value is -1.92. The molecule has 0 saturated carbocycles. The minimum absolute atomic E-state index is 0.309. The third-order valence-electron chi connectivity index (χ3n) is 3.82. The smallest absolute Gasteiger partial charge is 0.175 e. The number of thioether (sulfide) groups is 1. The van der Waals surface area contributed by atoms with Gasteiger partial charge >= 0.3 is 0 Å². The van der Waals surface area contributed by atoms with Crippen molar-refractivity contribution in [3.63, 3.8) is 0 Å². The SMILES string of the molecule is CCN1C(=NCc2cccnc2)SC[C@@]1(O)c1ccc(F)cc1. The summed E-state index contributed by atoms with van der Waals surface area (Å²) >= 11 is 1.51. The summed E-state index contributed by atoms with van der Waals surface area (Å²) in [6.07, 6.45) is 3.51. The number of aliphatic imine (C=N–C) groups is 1. The summed E-state index contributed by atoms with van der Waals surface area (Å²) in [6, 6.07) is 9.85. The number of amidine groups is 1. The zero-order valence-electron chi connectivity index (χ0n) is 12.8. The molecule has 1 aliphatic heterocycles. The van der Waals surface area contributed by atoms with E-state index in [-0.39, 0.29) is 5.82 Å². The Morgan fingerprint density at radius 2 is 2.13 bits per heavy atom. The van der Waals surface area contributed by atoms with E-state index in [0.29, 0.717) is 24.4 Å². The van der Waals surface area contributed by atoms with Gasteiger partial charge in [0.05, 0.1) is 12.3 Å². The van der Waals surface area contributed by atoms with E-state index >= 15 is 0 Å². The summed E-state index contributed by atoms with van der Waals surface area (Å²) in [6.45, 7) is 3.11. The lowest BCUT2D eigenvalue weighted by Gasteiger charge is -2.33. The quantitative estimate of drug-likeness (QED) is 0.936. The lowest BCUT2D eigenvalue weighted by Crippen LogP contribution is -2.44. The Morgan fingerprint density at radius 3 is 2.78 bits per heavy atom. The van der Waals surface area contributed by atoms with E-state index in [1.165, 1.54) is 23.9 Å². The van der Waals surface area contributed by atoms with Crippen LogP contribution in [0.15, 0.2) is 53.8 Å². The number of aliphatic hydroxyl groups is 1. The van der Waals surface area contributed by atoms with Gasteiger partial charge in [0.2, 0.25) is 0 Å². The van der Waals surface area contributed by atoms with Crippen LogP contribution in [0.25, 0.3) is 0 Å². The van der Waals surface area contributed by atoms with Gasteiger partial charge in [0.1, 0.15) is 5.82 Å². The van der Waals surface area contributed by atoms with Gasteiger partial charge in [0.25, 0.3) is 0 Å². The molecule has 2 aromatic rings. The lowest BCUT2D eigenvalue weighted by atomic mass is 10.0. The van der Waals surface area contributed by atoms with Gasteiger partial charge in [-0.3, -0.25) is 9.98 Å². The third kappa shape index (κ3) is 3.23. The Kier molecular flexibility index (Phi) is 4.63. The topological polar surface area (TPSA) is 48.7 Å². The summed E-state index contributed by atoms with van der Waals surface area (Å²) in [5, 5.41) is 11.9. The van der Waals surface area contributed by atoms with E-state index in [4.69, 9.17) is 0 Å². The molecule has 1 atom stereocenters.